The number of benzene rings is 5. The number of hydrogen-bond acceptors (Lipinski definition) is 7. The predicted octanol–water partition coefficient (Wildman–Crippen LogP) is 8.54. The molecule has 0 unspecified atom stereocenters. The molecule has 4 atom stereocenters. The molecule has 0 aliphatic heterocycles. The van der Waals surface area contributed by atoms with E-state index in [0.717, 1.165) is 27.8 Å². The predicted molar refractivity (Wildman–Crippen MR) is 240 cm³/mol. The van der Waals surface area contributed by atoms with Gasteiger partial charge in [-0.05, 0) is 90.6 Å². The lowest BCUT2D eigenvalue weighted by Crippen LogP contribution is -2.45. The van der Waals surface area contributed by atoms with Crippen molar-refractivity contribution in [3.8, 4) is 11.5 Å². The number of carbonyl (C=O) groups is 3. The lowest BCUT2D eigenvalue weighted by atomic mass is 9.95. The van der Waals surface area contributed by atoms with Crippen LogP contribution >= 0.6 is 0 Å². The summed E-state index contributed by atoms with van der Waals surface area (Å²) in [5.41, 5.74) is 4.97. The first-order chi connectivity index (χ1) is 29.8. The number of carbonyl (C=O) groups excluding carboxylic acids is 3. The van der Waals surface area contributed by atoms with Gasteiger partial charge in [0, 0.05) is 6.42 Å². The molecule has 0 aromatic heterocycles. The third-order valence-corrected chi connectivity index (χ3v) is 10.3. The van der Waals surface area contributed by atoms with Crippen LogP contribution in [-0.2, 0) is 51.6 Å². The maximum atomic E-state index is 14.0. The molecule has 9 nitrogen and oxygen atoms in total. The lowest BCUT2D eigenvalue weighted by molar-refractivity contribution is -0.150. The first-order valence-corrected chi connectivity index (χ1v) is 21.0. The summed E-state index contributed by atoms with van der Waals surface area (Å²) < 4.78 is 17.8. The molecule has 0 saturated carbocycles. The van der Waals surface area contributed by atoms with Crippen molar-refractivity contribution in [3.05, 3.63) is 193 Å². The molecule has 61 heavy (non-hydrogen) atoms. The van der Waals surface area contributed by atoms with Crippen molar-refractivity contribution >= 4 is 17.8 Å². The summed E-state index contributed by atoms with van der Waals surface area (Å²) >= 11 is 0. The highest BCUT2D eigenvalue weighted by atomic mass is 16.5. The van der Waals surface area contributed by atoms with Crippen LogP contribution in [0, 0.1) is 11.8 Å². The van der Waals surface area contributed by atoms with Crippen LogP contribution < -0.4 is 20.1 Å². The SMILES string of the molecule is C=CCC[C@H](Cc1ccccc1)C(=O)OC[C@H](Cc1ccc(OCc2ccccc2)cc1)NC(=O)[C@H](CC=C)CC(=O)N[C@H](CO)Cc1ccc(OCc2ccccc2)cc1. The highest BCUT2D eigenvalue weighted by Crippen LogP contribution is 2.20. The first-order valence-electron chi connectivity index (χ1n) is 21.0. The Labute approximate surface area is 360 Å². The van der Waals surface area contributed by atoms with Gasteiger partial charge < -0.3 is 30.0 Å². The van der Waals surface area contributed by atoms with E-state index >= 15 is 0 Å². The van der Waals surface area contributed by atoms with Crippen molar-refractivity contribution < 1.29 is 33.7 Å². The Hall–Kier alpha value is -6.45. The maximum Gasteiger partial charge on any atom is 0.309 e. The maximum absolute atomic E-state index is 14.0. The van der Waals surface area contributed by atoms with Gasteiger partial charge in [0.15, 0.2) is 0 Å². The average Bonchev–Trinajstić information content (AvgIpc) is 3.29. The van der Waals surface area contributed by atoms with E-state index in [9.17, 15) is 19.5 Å². The zero-order valence-electron chi connectivity index (χ0n) is 34.8. The number of aliphatic hydroxyl groups is 1. The highest BCUT2D eigenvalue weighted by Gasteiger charge is 2.27. The van der Waals surface area contributed by atoms with E-state index in [1.807, 2.05) is 140 Å². The smallest absolute Gasteiger partial charge is 0.309 e. The Morgan fingerprint density at radius 3 is 1.56 bits per heavy atom. The van der Waals surface area contributed by atoms with E-state index < -0.39 is 18.0 Å². The van der Waals surface area contributed by atoms with Crippen LogP contribution in [0.25, 0.3) is 0 Å². The van der Waals surface area contributed by atoms with E-state index in [1.165, 1.54) is 0 Å². The minimum absolute atomic E-state index is 0.0636. The van der Waals surface area contributed by atoms with Crippen LogP contribution in [0.5, 0.6) is 11.5 Å². The monoisotopic (exact) mass is 822 g/mol. The zero-order chi connectivity index (χ0) is 43.1. The largest absolute Gasteiger partial charge is 0.489 e. The number of amides is 2. The molecule has 0 bridgehead atoms. The molecule has 5 aromatic carbocycles. The standard InChI is InChI=1S/C52H58N2O7/c1-3-5-22-45(31-39-16-9-6-10-17-39)52(58)61-38-47(33-41-25-29-49(30-26-41)60-37-43-20-13-8-14-21-43)54-51(57)44(15-4-2)34-50(56)53-46(35-55)32-40-23-27-48(28-24-40)59-36-42-18-11-7-12-19-42/h3-4,6-14,16-21,23-30,44-47,55H,1-2,5,15,22,31-38H2,(H,53,56)(H,54,57)/t44-,45-,46+,47+/m1/s1. The van der Waals surface area contributed by atoms with Crippen molar-refractivity contribution in [2.24, 2.45) is 11.8 Å². The number of ether oxygens (including phenoxy) is 3. The molecular weight excluding hydrogens is 765 g/mol. The van der Waals surface area contributed by atoms with E-state index in [1.54, 1.807) is 12.2 Å². The Bertz CT molecular complexity index is 2070. The van der Waals surface area contributed by atoms with Crippen molar-refractivity contribution in [2.75, 3.05) is 13.2 Å². The molecule has 0 aliphatic rings. The van der Waals surface area contributed by atoms with Crippen molar-refractivity contribution in [2.45, 2.75) is 70.2 Å². The number of aliphatic hydroxyl groups excluding tert-OH is 1. The van der Waals surface area contributed by atoms with Gasteiger partial charge in [-0.15, -0.1) is 13.2 Å². The molecule has 0 radical (unpaired) electrons. The minimum Gasteiger partial charge on any atom is -0.489 e. The molecule has 9 heteroatoms. The van der Waals surface area contributed by atoms with Crippen LogP contribution in [0.15, 0.2) is 165 Å². The molecule has 5 rings (SSSR count). The van der Waals surface area contributed by atoms with Crippen LogP contribution in [-0.4, -0.2) is 48.2 Å². The summed E-state index contributed by atoms with van der Waals surface area (Å²) in [6, 6.07) is 43.6. The van der Waals surface area contributed by atoms with Gasteiger partial charge in [0.1, 0.15) is 31.3 Å². The normalized spacial score (nSPS) is 12.8. The average molecular weight is 823 g/mol. The van der Waals surface area contributed by atoms with E-state index in [-0.39, 0.29) is 49.8 Å². The molecule has 0 fully saturated rings. The summed E-state index contributed by atoms with van der Waals surface area (Å²) in [4.78, 5) is 40.9. The summed E-state index contributed by atoms with van der Waals surface area (Å²) in [5.74, 6) is -0.798. The van der Waals surface area contributed by atoms with Crippen LogP contribution in [0.3, 0.4) is 0 Å². The van der Waals surface area contributed by atoms with E-state index in [2.05, 4.69) is 23.8 Å². The van der Waals surface area contributed by atoms with Crippen molar-refractivity contribution in [1.82, 2.24) is 10.6 Å². The van der Waals surface area contributed by atoms with E-state index in [4.69, 9.17) is 14.2 Å². The van der Waals surface area contributed by atoms with Gasteiger partial charge in [-0.25, -0.2) is 0 Å². The minimum atomic E-state index is -0.747. The molecular formula is C52H58N2O7. The summed E-state index contributed by atoms with van der Waals surface area (Å²) in [6.45, 7) is 8.21. The van der Waals surface area contributed by atoms with Gasteiger partial charge in [0.2, 0.25) is 11.8 Å². The fourth-order valence-corrected chi connectivity index (χ4v) is 6.94. The lowest BCUT2D eigenvalue weighted by Gasteiger charge is -2.24. The van der Waals surface area contributed by atoms with Gasteiger partial charge >= 0.3 is 5.97 Å². The van der Waals surface area contributed by atoms with Crippen LogP contribution in [0.1, 0.15) is 53.5 Å². The summed E-state index contributed by atoms with van der Waals surface area (Å²) in [6.07, 6.45) is 6.04. The molecule has 0 heterocycles. The van der Waals surface area contributed by atoms with Gasteiger partial charge in [-0.1, -0.05) is 127 Å². The number of allylic oxidation sites excluding steroid dienone is 2. The van der Waals surface area contributed by atoms with Gasteiger partial charge in [0.25, 0.3) is 0 Å². The number of rotatable bonds is 26. The Morgan fingerprint density at radius 1 is 0.574 bits per heavy atom. The van der Waals surface area contributed by atoms with Crippen LogP contribution in [0.2, 0.25) is 0 Å². The fraction of sp³-hybridized carbons (Fsp3) is 0.288. The number of hydrogen-bond donors (Lipinski definition) is 3. The third-order valence-electron chi connectivity index (χ3n) is 10.3. The zero-order valence-corrected chi connectivity index (χ0v) is 34.8. The van der Waals surface area contributed by atoms with Gasteiger partial charge in [-0.3, -0.25) is 14.4 Å². The van der Waals surface area contributed by atoms with Crippen LogP contribution in [0.4, 0.5) is 0 Å². The molecule has 0 saturated heterocycles. The summed E-state index contributed by atoms with van der Waals surface area (Å²) in [7, 11) is 0. The van der Waals surface area contributed by atoms with Crippen molar-refractivity contribution in [3.63, 3.8) is 0 Å². The van der Waals surface area contributed by atoms with E-state index in [0.29, 0.717) is 56.8 Å². The third kappa shape index (κ3) is 16.3. The Morgan fingerprint density at radius 2 is 1.07 bits per heavy atom. The second-order valence-electron chi connectivity index (χ2n) is 15.2. The Balaban J connectivity index is 1.21. The number of esters is 1. The highest BCUT2D eigenvalue weighted by molar-refractivity contribution is 5.86. The van der Waals surface area contributed by atoms with Crippen molar-refractivity contribution in [1.29, 1.82) is 0 Å². The topological polar surface area (TPSA) is 123 Å². The second-order valence-corrected chi connectivity index (χ2v) is 15.2. The molecule has 2 amide bonds. The second kappa shape index (κ2) is 25.2. The fourth-order valence-electron chi connectivity index (χ4n) is 6.94. The molecule has 3 N–H and O–H groups in total. The molecule has 5 aromatic rings. The molecule has 0 aliphatic carbocycles. The quantitative estimate of drug-likeness (QED) is 0.0378. The Kier molecular flexibility index (Phi) is 18.9. The first kappa shape index (κ1) is 45.6. The van der Waals surface area contributed by atoms with Gasteiger partial charge in [-0.2, -0.15) is 0 Å². The number of nitrogens with one attached hydrogen (secondary N) is 2. The molecule has 0 spiro atoms. The summed E-state index contributed by atoms with van der Waals surface area (Å²) in [5, 5.41) is 16.2. The van der Waals surface area contributed by atoms with Gasteiger partial charge in [0.05, 0.1) is 30.5 Å². The molecule has 318 valence electrons.